The van der Waals surface area contributed by atoms with Gasteiger partial charge in [0, 0.05) is 10.0 Å². The number of aromatic nitrogens is 3. The molecule has 1 unspecified atom stereocenters. The van der Waals surface area contributed by atoms with E-state index in [2.05, 4.69) is 10.1 Å². The van der Waals surface area contributed by atoms with Gasteiger partial charge in [0.1, 0.15) is 6.20 Å². The van der Waals surface area contributed by atoms with Crippen LogP contribution >= 0.6 is 34.8 Å². The van der Waals surface area contributed by atoms with Crippen molar-refractivity contribution >= 4 is 40.0 Å². The van der Waals surface area contributed by atoms with Gasteiger partial charge < -0.3 is 0 Å². The summed E-state index contributed by atoms with van der Waals surface area (Å²) in [4.78, 5) is 37.1. The Morgan fingerprint density at radius 1 is 1.08 bits per heavy atom. The van der Waals surface area contributed by atoms with Gasteiger partial charge in [-0.05, 0) is 47.0 Å². The fourth-order valence-corrected chi connectivity index (χ4v) is 3.16. The molecule has 26 heavy (non-hydrogen) atoms. The van der Waals surface area contributed by atoms with Gasteiger partial charge in [0.15, 0.2) is 0 Å². The van der Waals surface area contributed by atoms with Crippen LogP contribution in [0.4, 0.5) is 0 Å². The minimum Gasteiger partial charge on any atom is -0.280 e. The molecule has 2 aromatic carbocycles. The third kappa shape index (κ3) is 3.72. The number of carbonyl (C=O) groups is 1. The molecule has 0 aliphatic heterocycles. The minimum atomic E-state index is -0.796. The minimum absolute atomic E-state index is 0.219. The largest absolute Gasteiger partial charge is 0.349 e. The highest BCUT2D eigenvalue weighted by Crippen LogP contribution is 2.33. The zero-order valence-electron chi connectivity index (χ0n) is 12.9. The number of hydrogen-bond acceptors (Lipinski definition) is 4. The van der Waals surface area contributed by atoms with Crippen LogP contribution in [0.2, 0.25) is 10.0 Å². The number of H-pyrrole nitrogens is 1. The van der Waals surface area contributed by atoms with E-state index in [0.717, 1.165) is 10.9 Å². The Hall–Kier alpha value is -2.41. The first kappa shape index (κ1) is 18.4. The van der Waals surface area contributed by atoms with Crippen LogP contribution in [0.15, 0.2) is 58.3 Å². The van der Waals surface area contributed by atoms with Crippen LogP contribution in [0.1, 0.15) is 17.0 Å². The summed E-state index contributed by atoms with van der Waals surface area (Å²) >= 11 is 18.0. The molecule has 9 heteroatoms. The maximum Gasteiger partial charge on any atom is 0.349 e. The zero-order valence-corrected chi connectivity index (χ0v) is 15.2. The van der Waals surface area contributed by atoms with E-state index in [1.807, 2.05) is 0 Å². The molecule has 0 bridgehead atoms. The number of carbonyl (C=O) groups excluding carboxylic acids is 1. The highest BCUT2D eigenvalue weighted by atomic mass is 35.5. The molecule has 6 nitrogen and oxygen atoms in total. The number of benzene rings is 2. The molecule has 1 N–H and O–H groups in total. The van der Waals surface area contributed by atoms with Crippen molar-refractivity contribution in [1.29, 1.82) is 0 Å². The first-order valence-electron chi connectivity index (χ1n) is 7.30. The van der Waals surface area contributed by atoms with E-state index in [1.165, 1.54) is 6.07 Å². The van der Waals surface area contributed by atoms with E-state index in [9.17, 15) is 14.4 Å². The van der Waals surface area contributed by atoms with Gasteiger partial charge in [0.05, 0.1) is 11.6 Å². The second-order valence-corrected chi connectivity index (χ2v) is 6.56. The molecule has 0 saturated carbocycles. The molecule has 132 valence electrons. The first-order chi connectivity index (χ1) is 12.4. The van der Waals surface area contributed by atoms with E-state index >= 15 is 0 Å². The van der Waals surface area contributed by atoms with Crippen molar-refractivity contribution in [2.24, 2.45) is 0 Å². The van der Waals surface area contributed by atoms with Crippen molar-refractivity contribution in [3.8, 4) is 5.69 Å². The maximum atomic E-state index is 12.0. The lowest BCUT2D eigenvalue weighted by Crippen LogP contribution is -2.30. The average Bonchev–Trinajstić information content (AvgIpc) is 2.58. The van der Waals surface area contributed by atoms with Crippen molar-refractivity contribution in [2.45, 2.75) is 5.92 Å². The Balaban J connectivity index is 2.07. The Kier molecular flexibility index (Phi) is 5.27. The maximum absolute atomic E-state index is 12.0. The molecule has 0 amide bonds. The molecular formula is C17H10Cl3N3O3. The standard InChI is InChI=1S/C17H10Cl3N3O3/c18-10-3-1-9(2-4-10)15(16(20)25)12-6-5-11(7-13(12)19)23-17(26)22-14(24)8-21-23/h1-8,15H,(H,22,24,26). The molecule has 0 spiro atoms. The Bertz CT molecular complexity index is 1090. The van der Waals surface area contributed by atoms with Gasteiger partial charge in [-0.3, -0.25) is 14.6 Å². The first-order valence-corrected chi connectivity index (χ1v) is 8.43. The monoisotopic (exact) mass is 409 g/mol. The average molecular weight is 411 g/mol. The normalized spacial score (nSPS) is 12.0. The smallest absolute Gasteiger partial charge is 0.280 e. The summed E-state index contributed by atoms with van der Waals surface area (Å²) < 4.78 is 0.983. The third-order valence-electron chi connectivity index (χ3n) is 3.68. The quantitative estimate of drug-likeness (QED) is 0.670. The lowest BCUT2D eigenvalue weighted by atomic mass is 9.92. The molecule has 1 atom stereocenters. The number of halogens is 3. The Morgan fingerprint density at radius 3 is 2.35 bits per heavy atom. The summed E-state index contributed by atoms with van der Waals surface area (Å²) in [5.74, 6) is -0.796. The highest BCUT2D eigenvalue weighted by molar-refractivity contribution is 6.65. The topological polar surface area (TPSA) is 84.8 Å². The second kappa shape index (κ2) is 7.45. The molecule has 0 aliphatic carbocycles. The van der Waals surface area contributed by atoms with E-state index < -0.39 is 22.4 Å². The summed E-state index contributed by atoms with van der Waals surface area (Å²) in [6, 6.07) is 11.3. The van der Waals surface area contributed by atoms with Crippen LogP contribution in [-0.2, 0) is 4.79 Å². The summed E-state index contributed by atoms with van der Waals surface area (Å²) in [5.41, 5.74) is 0.115. The van der Waals surface area contributed by atoms with E-state index in [4.69, 9.17) is 34.8 Å². The fourth-order valence-electron chi connectivity index (χ4n) is 2.51. The van der Waals surface area contributed by atoms with Gasteiger partial charge in [-0.15, -0.1) is 0 Å². The van der Waals surface area contributed by atoms with Crippen molar-refractivity contribution in [1.82, 2.24) is 14.8 Å². The van der Waals surface area contributed by atoms with Gasteiger partial charge >= 0.3 is 5.69 Å². The van der Waals surface area contributed by atoms with Crippen molar-refractivity contribution in [3.05, 3.63) is 90.7 Å². The summed E-state index contributed by atoms with van der Waals surface area (Å²) in [7, 11) is 0. The number of rotatable bonds is 4. The molecular weight excluding hydrogens is 401 g/mol. The van der Waals surface area contributed by atoms with Crippen LogP contribution in [0.3, 0.4) is 0 Å². The third-order valence-corrected chi connectivity index (χ3v) is 4.48. The van der Waals surface area contributed by atoms with Gasteiger partial charge in [-0.1, -0.05) is 41.4 Å². The number of nitrogens with zero attached hydrogens (tertiary/aromatic N) is 2. The summed E-state index contributed by atoms with van der Waals surface area (Å²) in [6.45, 7) is 0. The Labute approximate surface area is 162 Å². The van der Waals surface area contributed by atoms with Crippen LogP contribution in [0.5, 0.6) is 0 Å². The second-order valence-electron chi connectivity index (χ2n) is 5.35. The van der Waals surface area contributed by atoms with Crippen LogP contribution < -0.4 is 11.2 Å². The highest BCUT2D eigenvalue weighted by Gasteiger charge is 2.24. The number of hydrogen-bond donors (Lipinski definition) is 1. The van der Waals surface area contributed by atoms with Gasteiger partial charge in [-0.25, -0.2) is 4.79 Å². The predicted molar refractivity (Wildman–Crippen MR) is 99.6 cm³/mol. The lowest BCUT2D eigenvalue weighted by molar-refractivity contribution is -0.112. The van der Waals surface area contributed by atoms with Crippen molar-refractivity contribution in [2.75, 3.05) is 0 Å². The molecule has 0 radical (unpaired) electrons. The van der Waals surface area contributed by atoms with Gasteiger partial charge in [-0.2, -0.15) is 9.78 Å². The Morgan fingerprint density at radius 2 is 1.77 bits per heavy atom. The summed E-state index contributed by atoms with van der Waals surface area (Å²) in [5, 5.41) is 3.90. The van der Waals surface area contributed by atoms with E-state index in [0.29, 0.717) is 21.8 Å². The molecule has 0 saturated heterocycles. The molecule has 0 aliphatic rings. The fraction of sp³-hybridized carbons (Fsp3) is 0.0588. The molecule has 3 aromatic rings. The van der Waals surface area contributed by atoms with Crippen LogP contribution in [0, 0.1) is 0 Å². The molecule has 0 fully saturated rings. The van der Waals surface area contributed by atoms with E-state index in [-0.39, 0.29) is 5.02 Å². The van der Waals surface area contributed by atoms with Crippen LogP contribution in [0.25, 0.3) is 5.69 Å². The van der Waals surface area contributed by atoms with Crippen LogP contribution in [-0.4, -0.2) is 20.0 Å². The van der Waals surface area contributed by atoms with Gasteiger partial charge in [0.25, 0.3) is 5.56 Å². The predicted octanol–water partition coefficient (Wildman–Crippen LogP) is 3.12. The lowest BCUT2D eigenvalue weighted by Gasteiger charge is -2.16. The van der Waals surface area contributed by atoms with E-state index in [1.54, 1.807) is 36.4 Å². The van der Waals surface area contributed by atoms with Gasteiger partial charge in [0.2, 0.25) is 5.24 Å². The van der Waals surface area contributed by atoms with Crippen molar-refractivity contribution in [3.63, 3.8) is 0 Å². The number of nitrogens with one attached hydrogen (secondary N) is 1. The number of aromatic amines is 1. The summed E-state index contributed by atoms with van der Waals surface area (Å²) in [6.07, 6.45) is 0.974. The molecule has 3 rings (SSSR count). The molecule has 1 aromatic heterocycles. The SMILES string of the molecule is O=C(Cl)C(c1ccc(Cl)cc1)c1ccc(-n2ncc(=O)[nH]c2=O)cc1Cl. The zero-order chi connectivity index (χ0) is 18.8. The van der Waals surface area contributed by atoms with Crippen molar-refractivity contribution < 1.29 is 4.79 Å². The molecule has 1 heterocycles.